The Hall–Kier alpha value is -2.34. The average molecular weight is 266 g/mol. The highest BCUT2D eigenvalue weighted by Gasteiger charge is 2.14. The second-order valence-corrected chi connectivity index (χ2v) is 3.98. The average Bonchev–Trinajstić information content (AvgIpc) is 2.71. The summed E-state index contributed by atoms with van der Waals surface area (Å²) in [6.45, 7) is 0. The Bertz CT molecular complexity index is 619. The van der Waals surface area contributed by atoms with Crippen LogP contribution in [-0.4, -0.2) is 15.8 Å². The number of hydrogen-bond donors (Lipinski definition) is 2. The van der Waals surface area contributed by atoms with Gasteiger partial charge in [-0.25, -0.2) is 0 Å². The summed E-state index contributed by atoms with van der Waals surface area (Å²) in [5, 5.41) is 10.8. The molecule has 0 saturated carbocycles. The molecule has 1 aromatic heterocycles. The zero-order chi connectivity index (χ0) is 13.3. The van der Waals surface area contributed by atoms with Gasteiger partial charge in [-0.3, -0.25) is 14.9 Å². The van der Waals surface area contributed by atoms with Gasteiger partial charge in [0.15, 0.2) is 0 Å². The van der Waals surface area contributed by atoms with E-state index in [4.69, 9.17) is 17.3 Å². The van der Waals surface area contributed by atoms with E-state index in [-0.39, 0.29) is 16.5 Å². The number of primary amides is 1. The van der Waals surface area contributed by atoms with E-state index in [1.165, 1.54) is 24.3 Å². The van der Waals surface area contributed by atoms with Crippen molar-refractivity contribution in [2.75, 3.05) is 0 Å². The zero-order valence-electron chi connectivity index (χ0n) is 9.01. The van der Waals surface area contributed by atoms with Gasteiger partial charge in [0.1, 0.15) is 10.8 Å². The first kappa shape index (κ1) is 12.1. The fourth-order valence-corrected chi connectivity index (χ4v) is 1.81. The van der Waals surface area contributed by atoms with Crippen molar-refractivity contribution in [2.24, 2.45) is 5.73 Å². The smallest absolute Gasteiger partial charge is 0.269 e. The molecule has 3 N–H and O–H groups in total. The summed E-state index contributed by atoms with van der Waals surface area (Å²) in [4.78, 5) is 23.9. The molecule has 2 rings (SSSR count). The Kier molecular flexibility index (Phi) is 3.03. The van der Waals surface area contributed by atoms with E-state index in [9.17, 15) is 14.9 Å². The SMILES string of the molecule is NC(=O)c1[nH]c(Cl)cc1-c1ccc([N+](=O)[O-])cc1. The molecule has 0 atom stereocenters. The molecule has 0 saturated heterocycles. The number of H-pyrrole nitrogens is 1. The van der Waals surface area contributed by atoms with E-state index < -0.39 is 10.8 Å². The number of carbonyl (C=O) groups is 1. The number of nitrogens with one attached hydrogen (secondary N) is 1. The fourth-order valence-electron chi connectivity index (χ4n) is 1.61. The predicted octanol–water partition coefficient (Wildman–Crippen LogP) is 2.34. The third kappa shape index (κ3) is 2.18. The summed E-state index contributed by atoms with van der Waals surface area (Å²) in [6, 6.07) is 7.30. The molecular formula is C11H8ClN3O3. The van der Waals surface area contributed by atoms with E-state index in [1.54, 1.807) is 6.07 Å². The Morgan fingerprint density at radius 3 is 2.44 bits per heavy atom. The van der Waals surface area contributed by atoms with Gasteiger partial charge in [-0.05, 0) is 23.8 Å². The predicted molar refractivity (Wildman–Crippen MR) is 66.4 cm³/mol. The van der Waals surface area contributed by atoms with Crippen LogP contribution in [0.4, 0.5) is 5.69 Å². The lowest BCUT2D eigenvalue weighted by Crippen LogP contribution is -2.12. The van der Waals surface area contributed by atoms with Crippen molar-refractivity contribution in [3.05, 3.63) is 51.3 Å². The molecular weight excluding hydrogens is 258 g/mol. The molecule has 18 heavy (non-hydrogen) atoms. The second-order valence-electron chi connectivity index (χ2n) is 3.57. The van der Waals surface area contributed by atoms with Gasteiger partial charge in [-0.15, -0.1) is 0 Å². The first-order chi connectivity index (χ1) is 8.49. The molecule has 92 valence electrons. The van der Waals surface area contributed by atoms with Crippen LogP contribution < -0.4 is 5.73 Å². The van der Waals surface area contributed by atoms with Crippen molar-refractivity contribution in [3.8, 4) is 11.1 Å². The maximum absolute atomic E-state index is 11.2. The molecule has 0 fully saturated rings. The molecule has 0 unspecified atom stereocenters. The minimum atomic E-state index is -0.643. The van der Waals surface area contributed by atoms with Gasteiger partial charge in [-0.1, -0.05) is 11.6 Å². The van der Waals surface area contributed by atoms with Crippen LogP contribution in [0.5, 0.6) is 0 Å². The monoisotopic (exact) mass is 265 g/mol. The van der Waals surface area contributed by atoms with Crippen molar-refractivity contribution in [2.45, 2.75) is 0 Å². The number of aromatic amines is 1. The minimum absolute atomic E-state index is 0.0268. The fraction of sp³-hybridized carbons (Fsp3) is 0. The van der Waals surface area contributed by atoms with Crippen molar-refractivity contribution >= 4 is 23.2 Å². The number of benzene rings is 1. The van der Waals surface area contributed by atoms with E-state index in [0.717, 1.165) is 0 Å². The minimum Gasteiger partial charge on any atom is -0.364 e. The van der Waals surface area contributed by atoms with Crippen LogP contribution in [0.3, 0.4) is 0 Å². The van der Waals surface area contributed by atoms with Gasteiger partial charge in [0, 0.05) is 17.7 Å². The Balaban J connectivity index is 2.48. The van der Waals surface area contributed by atoms with Crippen LogP contribution in [0.2, 0.25) is 5.15 Å². The maximum Gasteiger partial charge on any atom is 0.269 e. The van der Waals surface area contributed by atoms with E-state index >= 15 is 0 Å². The van der Waals surface area contributed by atoms with Crippen molar-refractivity contribution in [1.29, 1.82) is 0 Å². The van der Waals surface area contributed by atoms with Gasteiger partial charge >= 0.3 is 0 Å². The molecule has 0 spiro atoms. The van der Waals surface area contributed by atoms with E-state index in [0.29, 0.717) is 11.1 Å². The summed E-state index contributed by atoms with van der Waals surface area (Å²) in [7, 11) is 0. The molecule has 0 bridgehead atoms. The van der Waals surface area contributed by atoms with Crippen LogP contribution in [0.1, 0.15) is 10.5 Å². The number of carbonyl (C=O) groups excluding carboxylic acids is 1. The Labute approximate surface area is 107 Å². The van der Waals surface area contributed by atoms with Crippen molar-refractivity contribution in [1.82, 2.24) is 4.98 Å². The van der Waals surface area contributed by atoms with E-state index in [1.807, 2.05) is 0 Å². The summed E-state index contributed by atoms with van der Waals surface area (Å²) < 4.78 is 0. The molecule has 1 heterocycles. The first-order valence-electron chi connectivity index (χ1n) is 4.92. The molecule has 2 aromatic rings. The first-order valence-corrected chi connectivity index (χ1v) is 5.30. The van der Waals surface area contributed by atoms with Gasteiger partial charge < -0.3 is 10.7 Å². The second kappa shape index (κ2) is 4.50. The molecule has 0 aliphatic rings. The van der Waals surface area contributed by atoms with Gasteiger partial charge in [0.2, 0.25) is 0 Å². The topological polar surface area (TPSA) is 102 Å². The zero-order valence-corrected chi connectivity index (χ0v) is 9.77. The normalized spacial score (nSPS) is 10.3. The maximum atomic E-state index is 11.2. The summed E-state index contributed by atoms with van der Waals surface area (Å²) in [5.74, 6) is -0.643. The molecule has 1 amide bonds. The van der Waals surface area contributed by atoms with Gasteiger partial charge in [0.25, 0.3) is 11.6 Å². The highest BCUT2D eigenvalue weighted by molar-refractivity contribution is 6.30. The Morgan fingerprint density at radius 2 is 1.94 bits per heavy atom. The van der Waals surface area contributed by atoms with Crippen molar-refractivity contribution in [3.63, 3.8) is 0 Å². The highest BCUT2D eigenvalue weighted by atomic mass is 35.5. The number of nitrogens with two attached hydrogens (primary N) is 1. The number of non-ortho nitro benzene ring substituents is 1. The standard InChI is InChI=1S/C11H8ClN3O3/c12-9-5-8(10(14-9)11(13)16)6-1-3-7(4-2-6)15(17)18/h1-5,14H,(H2,13,16). The number of halogens is 1. The number of amides is 1. The quantitative estimate of drug-likeness (QED) is 0.657. The number of nitrogens with zero attached hydrogens (tertiary/aromatic N) is 1. The lowest BCUT2D eigenvalue weighted by Gasteiger charge is -2.00. The summed E-state index contributed by atoms with van der Waals surface area (Å²) in [5.41, 5.74) is 6.49. The third-order valence-electron chi connectivity index (χ3n) is 2.42. The number of hydrogen-bond acceptors (Lipinski definition) is 3. The molecule has 7 heteroatoms. The highest BCUT2D eigenvalue weighted by Crippen LogP contribution is 2.28. The third-order valence-corrected chi connectivity index (χ3v) is 2.62. The van der Waals surface area contributed by atoms with Crippen molar-refractivity contribution < 1.29 is 9.72 Å². The van der Waals surface area contributed by atoms with Crippen LogP contribution in [0, 0.1) is 10.1 Å². The number of rotatable bonds is 3. The molecule has 0 aliphatic carbocycles. The van der Waals surface area contributed by atoms with Crippen LogP contribution in [0.25, 0.3) is 11.1 Å². The molecule has 1 aromatic carbocycles. The molecule has 0 aliphatic heterocycles. The number of nitro groups is 1. The van der Waals surface area contributed by atoms with E-state index in [2.05, 4.69) is 4.98 Å². The lowest BCUT2D eigenvalue weighted by atomic mass is 10.1. The number of aromatic nitrogens is 1. The van der Waals surface area contributed by atoms with Crippen LogP contribution >= 0.6 is 11.6 Å². The lowest BCUT2D eigenvalue weighted by molar-refractivity contribution is -0.384. The Morgan fingerprint density at radius 1 is 1.33 bits per heavy atom. The summed E-state index contributed by atoms with van der Waals surface area (Å²) >= 11 is 5.77. The largest absolute Gasteiger partial charge is 0.364 e. The van der Waals surface area contributed by atoms with Gasteiger partial charge in [-0.2, -0.15) is 0 Å². The van der Waals surface area contributed by atoms with Crippen LogP contribution in [-0.2, 0) is 0 Å². The van der Waals surface area contributed by atoms with Gasteiger partial charge in [0.05, 0.1) is 4.92 Å². The van der Waals surface area contributed by atoms with Crippen LogP contribution in [0.15, 0.2) is 30.3 Å². The number of nitro benzene ring substituents is 1. The molecule has 6 nitrogen and oxygen atoms in total. The summed E-state index contributed by atoms with van der Waals surface area (Å²) in [6.07, 6.45) is 0. The molecule has 0 radical (unpaired) electrons.